The van der Waals surface area contributed by atoms with Crippen molar-refractivity contribution in [3.8, 4) is 0 Å². The zero-order chi connectivity index (χ0) is 13.7. The summed E-state index contributed by atoms with van der Waals surface area (Å²) in [7, 11) is 4.13. The Kier molecular flexibility index (Phi) is 5.05. The van der Waals surface area contributed by atoms with Crippen LogP contribution in [0.2, 0.25) is 0 Å². The van der Waals surface area contributed by atoms with Crippen molar-refractivity contribution in [1.29, 1.82) is 0 Å². The van der Waals surface area contributed by atoms with Crippen molar-refractivity contribution in [2.75, 3.05) is 57.1 Å². The van der Waals surface area contributed by atoms with Crippen molar-refractivity contribution < 1.29 is 4.74 Å². The molecule has 0 saturated carbocycles. The zero-order valence-corrected chi connectivity index (χ0v) is 12.2. The summed E-state index contributed by atoms with van der Waals surface area (Å²) >= 11 is 0. The van der Waals surface area contributed by atoms with Crippen molar-refractivity contribution in [3.05, 3.63) is 24.3 Å². The number of rotatable bonds is 5. The van der Waals surface area contributed by atoms with Gasteiger partial charge in [0.2, 0.25) is 0 Å². The Morgan fingerprint density at radius 1 is 1.37 bits per heavy atom. The lowest BCUT2D eigenvalue weighted by Gasteiger charge is -2.32. The minimum Gasteiger partial charge on any atom is -0.381 e. The quantitative estimate of drug-likeness (QED) is 0.878. The third kappa shape index (κ3) is 3.85. The molecule has 1 N–H and O–H groups in total. The van der Waals surface area contributed by atoms with E-state index >= 15 is 0 Å². The lowest BCUT2D eigenvalue weighted by molar-refractivity contribution is -0.0191. The van der Waals surface area contributed by atoms with Crippen LogP contribution in [-0.2, 0) is 4.74 Å². The van der Waals surface area contributed by atoms with Crippen LogP contribution >= 0.6 is 0 Å². The van der Waals surface area contributed by atoms with Crippen LogP contribution in [0.5, 0.6) is 0 Å². The van der Waals surface area contributed by atoms with Gasteiger partial charge in [-0.05, 0) is 18.7 Å². The second-order valence-electron chi connectivity index (χ2n) is 5.18. The second kappa shape index (κ2) is 6.78. The Balaban J connectivity index is 1.91. The minimum absolute atomic E-state index is 0.281. The zero-order valence-electron chi connectivity index (χ0n) is 12.2. The van der Waals surface area contributed by atoms with Crippen molar-refractivity contribution in [3.63, 3.8) is 0 Å². The van der Waals surface area contributed by atoms with Crippen molar-refractivity contribution in [2.24, 2.45) is 0 Å². The Morgan fingerprint density at radius 3 is 2.89 bits per heavy atom. The van der Waals surface area contributed by atoms with Crippen LogP contribution in [0.3, 0.4) is 0 Å². The van der Waals surface area contributed by atoms with Crippen molar-refractivity contribution >= 4 is 11.4 Å². The third-order valence-electron chi connectivity index (χ3n) is 3.58. The maximum atomic E-state index is 5.81. The molecule has 106 valence electrons. The van der Waals surface area contributed by atoms with E-state index in [9.17, 15) is 0 Å². The van der Waals surface area contributed by atoms with Gasteiger partial charge in [0.1, 0.15) is 0 Å². The SMILES string of the molecule is CCN1CCOC(CNc2ccccc2N(C)C)C1. The molecule has 0 aromatic heterocycles. The van der Waals surface area contributed by atoms with Gasteiger partial charge in [0.05, 0.1) is 24.1 Å². The molecular formula is C15H25N3O. The predicted molar refractivity (Wildman–Crippen MR) is 81.1 cm³/mol. The van der Waals surface area contributed by atoms with Gasteiger partial charge >= 0.3 is 0 Å². The molecular weight excluding hydrogens is 238 g/mol. The molecule has 0 aliphatic carbocycles. The van der Waals surface area contributed by atoms with Crippen LogP contribution < -0.4 is 10.2 Å². The van der Waals surface area contributed by atoms with Gasteiger partial charge in [-0.15, -0.1) is 0 Å². The van der Waals surface area contributed by atoms with Crippen LogP contribution in [0.4, 0.5) is 11.4 Å². The van der Waals surface area contributed by atoms with Crippen LogP contribution in [-0.4, -0.2) is 57.9 Å². The largest absolute Gasteiger partial charge is 0.381 e. The van der Waals surface area contributed by atoms with E-state index < -0.39 is 0 Å². The number of hydrogen-bond acceptors (Lipinski definition) is 4. The summed E-state index contributed by atoms with van der Waals surface area (Å²) in [5.74, 6) is 0. The van der Waals surface area contributed by atoms with Gasteiger partial charge in [0.25, 0.3) is 0 Å². The minimum atomic E-state index is 0.281. The van der Waals surface area contributed by atoms with E-state index in [1.54, 1.807) is 0 Å². The lowest BCUT2D eigenvalue weighted by Crippen LogP contribution is -2.45. The maximum Gasteiger partial charge on any atom is 0.0874 e. The number of nitrogens with zero attached hydrogens (tertiary/aromatic N) is 2. The number of nitrogens with one attached hydrogen (secondary N) is 1. The Morgan fingerprint density at radius 2 is 2.16 bits per heavy atom. The number of benzene rings is 1. The Labute approximate surface area is 116 Å². The number of anilines is 2. The van der Waals surface area contributed by atoms with E-state index in [1.807, 2.05) is 0 Å². The van der Waals surface area contributed by atoms with Crippen LogP contribution in [0, 0.1) is 0 Å². The van der Waals surface area contributed by atoms with E-state index in [4.69, 9.17) is 4.74 Å². The Bertz CT molecular complexity index is 395. The molecule has 1 aliphatic heterocycles. The van der Waals surface area contributed by atoms with Crippen molar-refractivity contribution in [2.45, 2.75) is 13.0 Å². The fourth-order valence-electron chi connectivity index (χ4n) is 2.43. The molecule has 1 atom stereocenters. The molecule has 0 bridgehead atoms. The summed E-state index contributed by atoms with van der Waals surface area (Å²) in [6.07, 6.45) is 0.281. The molecule has 4 heteroatoms. The molecule has 0 radical (unpaired) electrons. The second-order valence-corrected chi connectivity index (χ2v) is 5.18. The van der Waals surface area contributed by atoms with Gasteiger partial charge in [0.15, 0.2) is 0 Å². The van der Waals surface area contributed by atoms with Gasteiger partial charge in [-0.2, -0.15) is 0 Å². The van der Waals surface area contributed by atoms with Crippen molar-refractivity contribution in [1.82, 2.24) is 4.90 Å². The van der Waals surface area contributed by atoms with Crippen LogP contribution in [0.1, 0.15) is 6.92 Å². The highest BCUT2D eigenvalue weighted by Gasteiger charge is 2.19. The molecule has 1 saturated heterocycles. The summed E-state index contributed by atoms with van der Waals surface area (Å²) in [4.78, 5) is 4.57. The van der Waals surface area contributed by atoms with Gasteiger partial charge < -0.3 is 15.0 Å². The summed E-state index contributed by atoms with van der Waals surface area (Å²) in [6.45, 7) is 7.09. The van der Waals surface area contributed by atoms with Gasteiger partial charge in [-0.25, -0.2) is 0 Å². The molecule has 1 unspecified atom stereocenters. The summed E-state index contributed by atoms with van der Waals surface area (Å²) in [5, 5.41) is 3.52. The smallest absolute Gasteiger partial charge is 0.0874 e. The first-order valence-electron chi connectivity index (χ1n) is 7.05. The molecule has 0 amide bonds. The highest BCUT2D eigenvalue weighted by molar-refractivity contribution is 5.69. The monoisotopic (exact) mass is 263 g/mol. The van der Waals surface area contributed by atoms with Crippen LogP contribution in [0.25, 0.3) is 0 Å². The number of likely N-dealkylation sites (N-methyl/N-ethyl adjacent to an activating group) is 1. The van der Waals surface area contributed by atoms with E-state index in [0.29, 0.717) is 0 Å². The topological polar surface area (TPSA) is 27.7 Å². The normalized spacial score (nSPS) is 20.3. The van der Waals surface area contributed by atoms with Gasteiger partial charge in [0, 0.05) is 33.7 Å². The van der Waals surface area contributed by atoms with Gasteiger partial charge in [-0.3, -0.25) is 4.90 Å². The fraction of sp³-hybridized carbons (Fsp3) is 0.600. The highest BCUT2D eigenvalue weighted by atomic mass is 16.5. The molecule has 1 fully saturated rings. The third-order valence-corrected chi connectivity index (χ3v) is 3.58. The number of para-hydroxylation sites is 2. The average Bonchev–Trinajstić information content (AvgIpc) is 2.45. The fourth-order valence-corrected chi connectivity index (χ4v) is 2.43. The molecule has 0 spiro atoms. The molecule has 1 heterocycles. The lowest BCUT2D eigenvalue weighted by atomic mass is 10.2. The maximum absolute atomic E-state index is 5.81. The molecule has 2 rings (SSSR count). The van der Waals surface area contributed by atoms with E-state index in [1.165, 1.54) is 11.4 Å². The van der Waals surface area contributed by atoms with E-state index in [-0.39, 0.29) is 6.10 Å². The molecule has 19 heavy (non-hydrogen) atoms. The number of ether oxygens (including phenoxy) is 1. The molecule has 1 aromatic rings. The summed E-state index contributed by atoms with van der Waals surface area (Å²) < 4.78 is 5.81. The van der Waals surface area contributed by atoms with E-state index in [0.717, 1.165) is 32.8 Å². The number of hydrogen-bond donors (Lipinski definition) is 1. The summed E-state index contributed by atoms with van der Waals surface area (Å²) in [5.41, 5.74) is 2.38. The first-order valence-corrected chi connectivity index (χ1v) is 7.05. The first-order chi connectivity index (χ1) is 9.20. The molecule has 1 aliphatic rings. The highest BCUT2D eigenvalue weighted by Crippen LogP contribution is 2.23. The average molecular weight is 263 g/mol. The number of morpholine rings is 1. The molecule has 4 nitrogen and oxygen atoms in total. The standard InChI is InChI=1S/C15H25N3O/c1-4-18-9-10-19-13(12-18)11-16-14-7-5-6-8-15(14)17(2)3/h5-8,13,16H,4,9-12H2,1-3H3. The molecule has 1 aromatic carbocycles. The van der Waals surface area contributed by atoms with E-state index in [2.05, 4.69) is 60.4 Å². The first kappa shape index (κ1) is 14.2. The summed E-state index contributed by atoms with van der Waals surface area (Å²) in [6, 6.07) is 8.38. The Hall–Kier alpha value is -1.26. The van der Waals surface area contributed by atoms with Crippen LogP contribution in [0.15, 0.2) is 24.3 Å². The predicted octanol–water partition coefficient (Wildman–Crippen LogP) is 1.89. The van der Waals surface area contributed by atoms with Gasteiger partial charge in [-0.1, -0.05) is 19.1 Å².